The van der Waals surface area contributed by atoms with Gasteiger partial charge in [-0.05, 0) is 31.9 Å². The summed E-state index contributed by atoms with van der Waals surface area (Å²) in [6.45, 7) is 7.56. The van der Waals surface area contributed by atoms with E-state index in [1.807, 2.05) is 19.9 Å². The van der Waals surface area contributed by atoms with Crippen LogP contribution >= 0.6 is 0 Å². The van der Waals surface area contributed by atoms with Crippen molar-refractivity contribution in [1.82, 2.24) is 9.55 Å². The number of pyridine rings is 1. The van der Waals surface area contributed by atoms with Gasteiger partial charge in [0.25, 0.3) is 0 Å². The van der Waals surface area contributed by atoms with Crippen molar-refractivity contribution in [2.24, 2.45) is 0 Å². The maximum absolute atomic E-state index is 11.9. The van der Waals surface area contributed by atoms with Gasteiger partial charge in [-0.3, -0.25) is 4.79 Å². The third-order valence-corrected chi connectivity index (χ3v) is 3.59. The highest BCUT2D eigenvalue weighted by Gasteiger charge is 2.13. The number of fused-ring (bicyclic) bond motifs is 1. The lowest BCUT2D eigenvalue weighted by Gasteiger charge is -2.07. The van der Waals surface area contributed by atoms with Crippen LogP contribution in [-0.4, -0.2) is 29.1 Å². The Balaban J connectivity index is 2.48. The molecule has 2 heterocycles. The zero-order valence-corrected chi connectivity index (χ0v) is 12.7. The molecule has 0 saturated heterocycles. The van der Waals surface area contributed by atoms with Gasteiger partial charge in [0.05, 0.1) is 5.52 Å². The van der Waals surface area contributed by atoms with E-state index in [-0.39, 0.29) is 5.78 Å². The van der Waals surface area contributed by atoms with E-state index >= 15 is 0 Å². The van der Waals surface area contributed by atoms with E-state index < -0.39 is 0 Å². The van der Waals surface area contributed by atoms with Crippen LogP contribution in [0.2, 0.25) is 0 Å². The number of aryl methyl sites for hydroxylation is 3. The number of methoxy groups -OCH3 is 1. The molecule has 0 saturated carbocycles. The molecule has 0 aliphatic heterocycles. The van der Waals surface area contributed by atoms with Crippen molar-refractivity contribution in [2.75, 3.05) is 13.7 Å². The van der Waals surface area contributed by atoms with Gasteiger partial charge in [-0.1, -0.05) is 6.92 Å². The Morgan fingerprint density at radius 1 is 1.40 bits per heavy atom. The number of ether oxygens (including phenoxy) is 1. The largest absolute Gasteiger partial charge is 0.385 e. The molecule has 0 aliphatic carbocycles. The summed E-state index contributed by atoms with van der Waals surface area (Å²) in [5.74, 6) is 0.0947. The molecule has 0 bridgehead atoms. The second-order valence-corrected chi connectivity index (χ2v) is 5.12. The maximum atomic E-state index is 11.9. The SMILES string of the molecule is CCC(=O)c1cc2c(c(C)cn2CCCOC)c(C)n1. The Bertz CT molecular complexity index is 629. The molecule has 20 heavy (non-hydrogen) atoms. The highest BCUT2D eigenvalue weighted by Crippen LogP contribution is 2.25. The van der Waals surface area contributed by atoms with Crippen molar-refractivity contribution < 1.29 is 9.53 Å². The van der Waals surface area contributed by atoms with Crippen LogP contribution in [-0.2, 0) is 11.3 Å². The van der Waals surface area contributed by atoms with Gasteiger partial charge in [-0.15, -0.1) is 0 Å². The Morgan fingerprint density at radius 3 is 2.80 bits per heavy atom. The fraction of sp³-hybridized carbons (Fsp3) is 0.500. The van der Waals surface area contributed by atoms with Gasteiger partial charge < -0.3 is 9.30 Å². The average molecular weight is 274 g/mol. The lowest BCUT2D eigenvalue weighted by Crippen LogP contribution is -2.04. The summed E-state index contributed by atoms with van der Waals surface area (Å²) in [6.07, 6.45) is 3.58. The molecule has 0 unspecified atom stereocenters. The third kappa shape index (κ3) is 2.75. The molecule has 0 spiro atoms. The number of nitrogens with zero attached hydrogens (tertiary/aromatic N) is 2. The van der Waals surface area contributed by atoms with Crippen molar-refractivity contribution in [3.63, 3.8) is 0 Å². The minimum absolute atomic E-state index is 0.0947. The van der Waals surface area contributed by atoms with Crippen LogP contribution in [0.3, 0.4) is 0 Å². The van der Waals surface area contributed by atoms with Crippen molar-refractivity contribution >= 4 is 16.7 Å². The first kappa shape index (κ1) is 14.7. The summed E-state index contributed by atoms with van der Waals surface area (Å²) in [5, 5.41) is 1.16. The summed E-state index contributed by atoms with van der Waals surface area (Å²) in [7, 11) is 1.71. The molecule has 0 N–H and O–H groups in total. The zero-order valence-electron chi connectivity index (χ0n) is 12.7. The van der Waals surface area contributed by atoms with Crippen molar-refractivity contribution in [2.45, 2.75) is 40.2 Å². The molecule has 0 amide bonds. The Labute approximate surface area is 119 Å². The number of aromatic nitrogens is 2. The number of rotatable bonds is 6. The number of ketones is 1. The molecular weight excluding hydrogens is 252 g/mol. The Kier molecular flexibility index (Phi) is 4.55. The highest BCUT2D eigenvalue weighted by molar-refractivity contribution is 5.98. The number of Topliss-reactive ketones (excluding diaryl/α,β-unsaturated/α-hetero) is 1. The molecule has 0 fully saturated rings. The van der Waals surface area contributed by atoms with Gasteiger partial charge in [0, 0.05) is 44.0 Å². The van der Waals surface area contributed by atoms with Crippen LogP contribution in [0.5, 0.6) is 0 Å². The van der Waals surface area contributed by atoms with E-state index in [9.17, 15) is 4.79 Å². The summed E-state index contributed by atoms with van der Waals surface area (Å²) in [6, 6.07) is 1.92. The van der Waals surface area contributed by atoms with Crippen molar-refractivity contribution in [3.8, 4) is 0 Å². The lowest BCUT2D eigenvalue weighted by atomic mass is 10.1. The number of hydrogen-bond acceptors (Lipinski definition) is 3. The first-order valence-electron chi connectivity index (χ1n) is 7.07. The molecule has 0 aromatic carbocycles. The first-order valence-corrected chi connectivity index (χ1v) is 7.07. The van der Waals surface area contributed by atoms with Gasteiger partial charge in [0.1, 0.15) is 5.69 Å². The van der Waals surface area contributed by atoms with E-state index in [0.717, 1.165) is 36.2 Å². The number of carbonyl (C=O) groups excluding carboxylic acids is 1. The molecule has 2 aromatic rings. The van der Waals surface area contributed by atoms with Crippen LogP contribution in [0.25, 0.3) is 10.9 Å². The zero-order chi connectivity index (χ0) is 14.7. The van der Waals surface area contributed by atoms with Crippen LogP contribution < -0.4 is 0 Å². The Hall–Kier alpha value is -1.68. The molecule has 108 valence electrons. The highest BCUT2D eigenvalue weighted by atomic mass is 16.5. The number of carbonyl (C=O) groups is 1. The van der Waals surface area contributed by atoms with E-state index in [4.69, 9.17) is 4.74 Å². The minimum atomic E-state index is 0.0947. The summed E-state index contributed by atoms with van der Waals surface area (Å²) >= 11 is 0. The number of hydrogen-bond donors (Lipinski definition) is 0. The fourth-order valence-electron chi connectivity index (χ4n) is 2.63. The molecule has 4 nitrogen and oxygen atoms in total. The third-order valence-electron chi connectivity index (χ3n) is 3.59. The van der Waals surface area contributed by atoms with Crippen LogP contribution in [0.1, 0.15) is 41.5 Å². The fourth-order valence-corrected chi connectivity index (χ4v) is 2.63. The molecule has 4 heteroatoms. The van der Waals surface area contributed by atoms with E-state index in [0.29, 0.717) is 12.1 Å². The van der Waals surface area contributed by atoms with Gasteiger partial charge >= 0.3 is 0 Å². The maximum Gasteiger partial charge on any atom is 0.180 e. The van der Waals surface area contributed by atoms with E-state index in [1.165, 1.54) is 5.56 Å². The molecule has 2 rings (SSSR count). The summed E-state index contributed by atoms with van der Waals surface area (Å²) in [5.41, 5.74) is 3.81. The van der Waals surface area contributed by atoms with Crippen molar-refractivity contribution in [3.05, 3.63) is 29.2 Å². The topological polar surface area (TPSA) is 44.1 Å². The molecular formula is C16H22N2O2. The summed E-state index contributed by atoms with van der Waals surface area (Å²) < 4.78 is 7.30. The summed E-state index contributed by atoms with van der Waals surface area (Å²) in [4.78, 5) is 16.4. The van der Waals surface area contributed by atoms with E-state index in [1.54, 1.807) is 7.11 Å². The predicted octanol–water partition coefficient (Wildman–Crippen LogP) is 3.28. The monoisotopic (exact) mass is 274 g/mol. The average Bonchev–Trinajstić information content (AvgIpc) is 2.75. The van der Waals surface area contributed by atoms with Crippen LogP contribution in [0.4, 0.5) is 0 Å². The second-order valence-electron chi connectivity index (χ2n) is 5.12. The van der Waals surface area contributed by atoms with Gasteiger partial charge in [-0.25, -0.2) is 4.98 Å². The van der Waals surface area contributed by atoms with Crippen LogP contribution in [0, 0.1) is 13.8 Å². The molecule has 0 atom stereocenters. The minimum Gasteiger partial charge on any atom is -0.385 e. The van der Waals surface area contributed by atoms with Crippen molar-refractivity contribution in [1.29, 1.82) is 0 Å². The molecule has 2 aromatic heterocycles. The van der Waals surface area contributed by atoms with Gasteiger partial charge in [0.15, 0.2) is 5.78 Å². The molecule has 0 aliphatic rings. The first-order chi connectivity index (χ1) is 9.58. The smallest absolute Gasteiger partial charge is 0.180 e. The Morgan fingerprint density at radius 2 is 2.15 bits per heavy atom. The second kappa shape index (κ2) is 6.18. The normalized spacial score (nSPS) is 11.2. The predicted molar refractivity (Wildman–Crippen MR) is 80.3 cm³/mol. The van der Waals surface area contributed by atoms with Crippen LogP contribution in [0.15, 0.2) is 12.3 Å². The quantitative estimate of drug-likeness (QED) is 0.600. The lowest BCUT2D eigenvalue weighted by molar-refractivity contribution is 0.0983. The molecule has 0 radical (unpaired) electrons. The standard InChI is InChI=1S/C16H22N2O2/c1-5-15(19)13-9-14-16(12(3)17-13)11(2)10-18(14)7-6-8-20-4/h9-10H,5-8H2,1-4H3. The van der Waals surface area contributed by atoms with Gasteiger partial charge in [0.2, 0.25) is 0 Å². The van der Waals surface area contributed by atoms with Gasteiger partial charge in [-0.2, -0.15) is 0 Å². The van der Waals surface area contributed by atoms with E-state index in [2.05, 4.69) is 22.7 Å².